The van der Waals surface area contributed by atoms with E-state index in [-0.39, 0.29) is 43.3 Å². The van der Waals surface area contributed by atoms with Gasteiger partial charge in [-0.3, -0.25) is 4.98 Å². The van der Waals surface area contributed by atoms with Crippen LogP contribution in [0.25, 0.3) is 94.0 Å². The summed E-state index contributed by atoms with van der Waals surface area (Å²) in [7, 11) is 0. The van der Waals surface area contributed by atoms with Crippen molar-refractivity contribution >= 4 is 72.2 Å². The van der Waals surface area contributed by atoms with Gasteiger partial charge in [-0.1, -0.05) is 124 Å². The Morgan fingerprint density at radius 1 is 0.687 bits per heavy atom. The Bertz CT molecular complexity index is 3680. The Morgan fingerprint density at radius 3 is 2.09 bits per heavy atom. The summed E-state index contributed by atoms with van der Waals surface area (Å²) in [5.41, 5.74) is 11.3. The first-order chi connectivity index (χ1) is 33.0. The third-order valence-corrected chi connectivity index (χ3v) is 16.9. The molecule has 1 radical (unpaired) electrons. The first kappa shape index (κ1) is 42.2. The second kappa shape index (κ2) is 18.5. The van der Waals surface area contributed by atoms with E-state index in [1.807, 2.05) is 48.7 Å². The second-order valence-electron chi connectivity index (χ2n) is 18.8. The van der Waals surface area contributed by atoms with Crippen molar-refractivity contribution in [2.45, 2.75) is 63.7 Å². The molecule has 3 aromatic heterocycles. The minimum Gasteiger partial charge on any atom is 0 e. The number of benzene rings is 8. The summed E-state index contributed by atoms with van der Waals surface area (Å²) >= 11 is -1.79. The van der Waals surface area contributed by atoms with Crippen LogP contribution in [0.1, 0.15) is 60.3 Å². The van der Waals surface area contributed by atoms with E-state index in [4.69, 9.17) is 13.5 Å². The van der Waals surface area contributed by atoms with Gasteiger partial charge >= 0.3 is 104 Å². The van der Waals surface area contributed by atoms with Crippen molar-refractivity contribution in [3.8, 4) is 39.5 Å². The average Bonchev–Trinajstić information content (AvgIpc) is 3.91. The smallest absolute Gasteiger partial charge is 0 e. The Hall–Kier alpha value is -6.18. The van der Waals surface area contributed by atoms with Gasteiger partial charge in [0, 0.05) is 35.3 Å². The van der Waals surface area contributed by atoms with Gasteiger partial charge in [0.05, 0.1) is 22.4 Å². The predicted octanol–water partition coefficient (Wildman–Crippen LogP) is 16.2. The van der Waals surface area contributed by atoms with E-state index in [1.54, 1.807) is 12.1 Å². The van der Waals surface area contributed by atoms with Gasteiger partial charge in [-0.2, -0.15) is 0 Å². The van der Waals surface area contributed by atoms with Gasteiger partial charge in [0.1, 0.15) is 5.58 Å². The molecular formula is C60H52FGeIrN3O-2. The molecule has 0 fully saturated rings. The fourth-order valence-electron chi connectivity index (χ4n) is 9.09. The van der Waals surface area contributed by atoms with Crippen LogP contribution in [0.5, 0.6) is 0 Å². The molecule has 0 aliphatic heterocycles. The van der Waals surface area contributed by atoms with Crippen molar-refractivity contribution in [3.05, 3.63) is 192 Å². The Kier molecular flexibility index (Phi) is 11.6. The number of hydrogen-bond donors (Lipinski definition) is 0. The number of aromatic nitrogens is 3. The van der Waals surface area contributed by atoms with E-state index >= 15 is 0 Å². The predicted molar refractivity (Wildman–Crippen MR) is 277 cm³/mol. The third-order valence-electron chi connectivity index (χ3n) is 12.6. The van der Waals surface area contributed by atoms with Crippen LogP contribution in [0.15, 0.2) is 162 Å². The summed E-state index contributed by atoms with van der Waals surface area (Å²) in [6, 6.07) is 56.5. The molecule has 0 spiro atoms. The number of imidazole rings is 1. The molecule has 3 heterocycles. The molecule has 4 nitrogen and oxygen atoms in total. The van der Waals surface area contributed by atoms with Crippen molar-refractivity contribution in [1.29, 1.82) is 0 Å². The maximum Gasteiger partial charge on any atom is 0 e. The Balaban J connectivity index is 0.000000286. The molecule has 0 amide bonds. The van der Waals surface area contributed by atoms with Gasteiger partial charge in [0.15, 0.2) is 0 Å². The van der Waals surface area contributed by atoms with Crippen LogP contribution in [-0.4, -0.2) is 27.8 Å². The first-order valence-electron chi connectivity index (χ1n) is 24.1. The topological polar surface area (TPSA) is 43.9 Å². The molecular weight excluding hydrogens is 1060 g/mol. The fourth-order valence-corrected chi connectivity index (χ4v) is 11.3. The standard InChI is InChI=1S/C46H37N2O.C14H15FGeN.Ir/c1-27(2)36-24-33(30-13-7-6-8-14-30)25-37(28(3)4)44(36)48-41-18-12-11-17-40(41)47-46(48)35-22-19-29(5)43-39-23-32-21-20-31-15-9-10-16-34(31)38(32)26-42(39)49-45(35)43;1-16(2,3)13-8-9-14(17-10-13)11-4-6-12(15)7-5-11;/h6-21,23-28H,1-5H3;4,6-10H,1-3H3;/q2*-1;/i5D3;;. The summed E-state index contributed by atoms with van der Waals surface area (Å²) in [6.45, 7) is 6.56. The zero-order valence-electron chi connectivity index (χ0n) is 41.6. The van der Waals surface area contributed by atoms with E-state index < -0.39 is 20.1 Å². The molecule has 0 aliphatic rings. The molecule has 67 heavy (non-hydrogen) atoms. The second-order valence-corrected chi connectivity index (χ2v) is 29.4. The van der Waals surface area contributed by atoms with Crippen molar-refractivity contribution in [1.82, 2.24) is 14.5 Å². The summed E-state index contributed by atoms with van der Waals surface area (Å²) in [4.78, 5) is 9.72. The van der Waals surface area contributed by atoms with Crippen LogP contribution in [0.2, 0.25) is 17.3 Å². The largest absolute Gasteiger partial charge is 0 e. The fraction of sp³-hybridized carbons (Fsp3) is 0.167. The number of nitrogens with zero attached hydrogens (tertiary/aromatic N) is 3. The van der Waals surface area contributed by atoms with E-state index in [0.29, 0.717) is 27.9 Å². The monoisotopic (exact) mass is 1120 g/mol. The van der Waals surface area contributed by atoms with Crippen molar-refractivity contribution in [3.63, 3.8) is 0 Å². The van der Waals surface area contributed by atoms with E-state index in [9.17, 15) is 4.39 Å². The van der Waals surface area contributed by atoms with Crippen molar-refractivity contribution < 1.29 is 33.0 Å². The molecule has 0 aliphatic carbocycles. The van der Waals surface area contributed by atoms with Crippen molar-refractivity contribution in [2.75, 3.05) is 0 Å². The minimum atomic E-state index is -2.38. The van der Waals surface area contributed by atoms with Gasteiger partial charge < -0.3 is 8.98 Å². The maximum absolute atomic E-state index is 12.8. The molecule has 0 bridgehead atoms. The zero-order chi connectivity index (χ0) is 48.4. The average molecular weight is 1120 g/mol. The van der Waals surface area contributed by atoms with E-state index in [1.165, 1.54) is 38.8 Å². The van der Waals surface area contributed by atoms with Gasteiger partial charge in [-0.15, -0.1) is 17.7 Å². The summed E-state index contributed by atoms with van der Waals surface area (Å²) < 4.78 is 48.9. The van der Waals surface area contributed by atoms with Crippen LogP contribution in [-0.2, 0) is 20.1 Å². The number of para-hydroxylation sites is 2. The number of fused-ring (bicyclic) bond motifs is 7. The number of furan rings is 1. The van der Waals surface area contributed by atoms with Crippen LogP contribution in [0.4, 0.5) is 4.39 Å². The Labute approximate surface area is 412 Å². The molecule has 0 N–H and O–H groups in total. The normalized spacial score (nSPS) is 12.7. The number of aryl methyl sites for hydroxylation is 1. The molecule has 11 aromatic rings. The SMILES string of the molecule is [2H]C([2H])([2H])c1c[c-]c(-c2nc3ccccc3n2-c2c(C(C)C)cc(-c3ccccc3)cc2C(C)C)c2oc3cc4c(ccc5ccccc54)cc3c12.[CH3][Ge]([CH3])([CH3])[c]1ccc(-c2[c-]cc(F)cc2)nc1.[Ir]. The minimum absolute atomic E-state index is 0. The summed E-state index contributed by atoms with van der Waals surface area (Å²) in [6.07, 6.45) is 1.95. The van der Waals surface area contributed by atoms with Crippen molar-refractivity contribution in [2.24, 2.45) is 0 Å². The maximum atomic E-state index is 12.8. The molecule has 11 rings (SSSR count). The molecule has 0 saturated carbocycles. The summed E-state index contributed by atoms with van der Waals surface area (Å²) in [5, 5.41) is 5.67. The number of rotatable bonds is 7. The van der Waals surface area contributed by atoms with Gasteiger partial charge in [-0.25, -0.2) is 0 Å². The number of hydrogen-bond acceptors (Lipinski definition) is 3. The Morgan fingerprint density at radius 2 is 1.40 bits per heavy atom. The molecule has 8 aromatic carbocycles. The molecule has 0 atom stereocenters. The number of halogens is 1. The van der Waals surface area contributed by atoms with Gasteiger partial charge in [0.2, 0.25) is 0 Å². The van der Waals surface area contributed by atoms with Crippen LogP contribution in [0.3, 0.4) is 0 Å². The van der Waals surface area contributed by atoms with Crippen LogP contribution < -0.4 is 4.40 Å². The van der Waals surface area contributed by atoms with Gasteiger partial charge in [-0.05, 0) is 92.0 Å². The van der Waals surface area contributed by atoms with E-state index in [0.717, 1.165) is 54.9 Å². The zero-order valence-corrected chi connectivity index (χ0v) is 43.1. The van der Waals surface area contributed by atoms with Crippen LogP contribution >= 0.6 is 0 Å². The summed E-state index contributed by atoms with van der Waals surface area (Å²) in [5.74, 6) is 7.78. The van der Waals surface area contributed by atoms with Crippen LogP contribution in [0, 0.1) is 24.8 Å². The third kappa shape index (κ3) is 8.68. The molecule has 335 valence electrons. The molecule has 0 unspecified atom stereocenters. The number of pyridine rings is 1. The molecule has 0 saturated heterocycles. The van der Waals surface area contributed by atoms with E-state index in [2.05, 4.69) is 152 Å². The first-order valence-corrected chi connectivity index (χ1v) is 30.0. The quantitative estimate of drug-likeness (QED) is 0.0907. The molecule has 7 heteroatoms. The van der Waals surface area contributed by atoms with Gasteiger partial charge in [0.25, 0.3) is 0 Å².